The van der Waals surface area contributed by atoms with Crippen molar-refractivity contribution < 1.29 is 14.8 Å². The highest BCUT2D eigenvalue weighted by Crippen LogP contribution is 2.07. The van der Waals surface area contributed by atoms with Gasteiger partial charge in [0.25, 0.3) is 0 Å². The maximum absolute atomic E-state index is 10.9. The average molecular weight is 221 g/mol. The van der Waals surface area contributed by atoms with E-state index in [4.69, 9.17) is 10.0 Å². The molecule has 0 spiro atoms. The zero-order valence-electron chi connectivity index (χ0n) is 9.47. The molecule has 86 valence electrons. The summed E-state index contributed by atoms with van der Waals surface area (Å²) in [6, 6.07) is 7.72. The first-order chi connectivity index (χ1) is 7.49. The topological polar surface area (TPSA) is 69.6 Å². The van der Waals surface area contributed by atoms with Gasteiger partial charge >= 0.3 is 7.12 Å². The van der Waals surface area contributed by atoms with E-state index < -0.39 is 13.1 Å². The number of hydrogen-bond donors (Lipinski definition) is 3. The van der Waals surface area contributed by atoms with Crippen molar-refractivity contribution in [3.63, 3.8) is 0 Å². The van der Waals surface area contributed by atoms with Gasteiger partial charge in [0.05, 0.1) is 5.94 Å². The molecule has 0 aliphatic carbocycles. The fraction of sp³-hybridized carbons (Fsp3) is 0.364. The standard InChI is InChI=1S/C11H16BNO3/c1-8-4-3-5-10(6-8)7-11(12(15)16)13-9(2)14/h3-6,11,15-16H,7H2,1-2H3,(H,13,14). The molecule has 16 heavy (non-hydrogen) atoms. The average Bonchev–Trinajstić information content (AvgIpc) is 2.15. The quantitative estimate of drug-likeness (QED) is 0.629. The molecule has 0 aliphatic rings. The molecule has 1 aromatic rings. The SMILES string of the molecule is CC(=O)NC(Cc1cccc(C)c1)B(O)O. The Labute approximate surface area is 95.4 Å². The smallest absolute Gasteiger partial charge is 0.426 e. The van der Waals surface area contributed by atoms with E-state index in [-0.39, 0.29) is 5.91 Å². The number of carbonyl (C=O) groups is 1. The lowest BCUT2D eigenvalue weighted by atomic mass is 9.76. The van der Waals surface area contributed by atoms with Crippen LogP contribution in [0.25, 0.3) is 0 Å². The van der Waals surface area contributed by atoms with Crippen LogP contribution < -0.4 is 5.32 Å². The van der Waals surface area contributed by atoms with Gasteiger partial charge in [-0.1, -0.05) is 29.8 Å². The monoisotopic (exact) mass is 221 g/mol. The summed E-state index contributed by atoms with van der Waals surface area (Å²) >= 11 is 0. The van der Waals surface area contributed by atoms with Gasteiger partial charge in [0.1, 0.15) is 0 Å². The van der Waals surface area contributed by atoms with Crippen molar-refractivity contribution >= 4 is 13.0 Å². The van der Waals surface area contributed by atoms with Gasteiger partial charge < -0.3 is 15.4 Å². The normalized spacial score (nSPS) is 12.0. The molecule has 0 aromatic heterocycles. The molecular weight excluding hydrogens is 205 g/mol. The zero-order valence-corrected chi connectivity index (χ0v) is 9.47. The van der Waals surface area contributed by atoms with E-state index in [9.17, 15) is 4.79 Å². The van der Waals surface area contributed by atoms with Gasteiger partial charge in [-0.05, 0) is 18.9 Å². The van der Waals surface area contributed by atoms with Gasteiger partial charge in [0.15, 0.2) is 0 Å². The van der Waals surface area contributed by atoms with Crippen LogP contribution in [0.2, 0.25) is 0 Å². The van der Waals surface area contributed by atoms with Crippen LogP contribution in [0.3, 0.4) is 0 Å². The summed E-state index contributed by atoms with van der Waals surface area (Å²) in [7, 11) is -1.55. The molecule has 1 rings (SSSR count). The molecule has 5 heteroatoms. The van der Waals surface area contributed by atoms with Gasteiger partial charge in [-0.3, -0.25) is 4.79 Å². The predicted molar refractivity (Wildman–Crippen MR) is 62.7 cm³/mol. The molecule has 0 aliphatic heterocycles. The van der Waals surface area contributed by atoms with Crippen molar-refractivity contribution in [3.05, 3.63) is 35.4 Å². The van der Waals surface area contributed by atoms with Gasteiger partial charge in [0.2, 0.25) is 5.91 Å². The van der Waals surface area contributed by atoms with Gasteiger partial charge in [-0.15, -0.1) is 0 Å². The Balaban J connectivity index is 2.71. The van der Waals surface area contributed by atoms with Crippen LogP contribution in [-0.2, 0) is 11.2 Å². The number of carbonyl (C=O) groups excluding carboxylic acids is 1. The second-order valence-corrected chi connectivity index (χ2v) is 3.91. The highest BCUT2D eigenvalue weighted by Gasteiger charge is 2.24. The summed E-state index contributed by atoms with van der Waals surface area (Å²) in [4.78, 5) is 10.9. The molecule has 0 saturated heterocycles. The molecule has 0 radical (unpaired) electrons. The summed E-state index contributed by atoms with van der Waals surface area (Å²) in [5.74, 6) is -0.940. The molecule has 4 nitrogen and oxygen atoms in total. The lowest BCUT2D eigenvalue weighted by Gasteiger charge is -2.16. The number of amides is 1. The van der Waals surface area contributed by atoms with Crippen molar-refractivity contribution in [1.82, 2.24) is 5.32 Å². The lowest BCUT2D eigenvalue weighted by molar-refractivity contribution is -0.119. The summed E-state index contributed by atoms with van der Waals surface area (Å²) < 4.78 is 0. The van der Waals surface area contributed by atoms with E-state index in [0.717, 1.165) is 11.1 Å². The Morgan fingerprint density at radius 1 is 1.50 bits per heavy atom. The van der Waals surface area contributed by atoms with Crippen LogP contribution in [0.1, 0.15) is 18.1 Å². The van der Waals surface area contributed by atoms with Crippen LogP contribution in [0, 0.1) is 6.92 Å². The summed E-state index contributed by atoms with van der Waals surface area (Å²) in [6.07, 6.45) is 0.402. The molecule has 0 fully saturated rings. The lowest BCUT2D eigenvalue weighted by Crippen LogP contribution is -2.47. The highest BCUT2D eigenvalue weighted by molar-refractivity contribution is 6.43. The van der Waals surface area contributed by atoms with Crippen LogP contribution in [0.4, 0.5) is 0 Å². The van der Waals surface area contributed by atoms with Gasteiger partial charge in [-0.2, -0.15) is 0 Å². The molecule has 3 N–H and O–H groups in total. The Morgan fingerprint density at radius 3 is 2.69 bits per heavy atom. The van der Waals surface area contributed by atoms with Crippen molar-refractivity contribution in [2.24, 2.45) is 0 Å². The van der Waals surface area contributed by atoms with Crippen LogP contribution in [-0.4, -0.2) is 29.0 Å². The Bertz CT molecular complexity index is 368. The van der Waals surface area contributed by atoms with Crippen LogP contribution in [0.15, 0.2) is 24.3 Å². The Morgan fingerprint density at radius 2 is 2.19 bits per heavy atom. The maximum Gasteiger partial charge on any atom is 0.475 e. The minimum atomic E-state index is -1.55. The van der Waals surface area contributed by atoms with Gasteiger partial charge in [0, 0.05) is 6.92 Å². The first-order valence-corrected chi connectivity index (χ1v) is 5.18. The van der Waals surface area contributed by atoms with Crippen molar-refractivity contribution in [1.29, 1.82) is 0 Å². The second-order valence-electron chi connectivity index (χ2n) is 3.91. The first kappa shape index (κ1) is 12.7. The molecule has 0 bridgehead atoms. The fourth-order valence-electron chi connectivity index (χ4n) is 1.59. The third kappa shape index (κ3) is 4.04. The predicted octanol–water partition coefficient (Wildman–Crippen LogP) is 0.0542. The summed E-state index contributed by atoms with van der Waals surface area (Å²) in [6.45, 7) is 3.32. The van der Waals surface area contributed by atoms with E-state index in [1.165, 1.54) is 6.92 Å². The molecule has 0 saturated carbocycles. The largest absolute Gasteiger partial charge is 0.475 e. The first-order valence-electron chi connectivity index (χ1n) is 5.18. The van der Waals surface area contributed by atoms with E-state index in [0.29, 0.717) is 6.42 Å². The van der Waals surface area contributed by atoms with E-state index in [1.54, 1.807) is 0 Å². The number of benzene rings is 1. The zero-order chi connectivity index (χ0) is 12.1. The molecular formula is C11H16BNO3. The highest BCUT2D eigenvalue weighted by atomic mass is 16.4. The summed E-state index contributed by atoms with van der Waals surface area (Å²) in [5, 5.41) is 20.8. The van der Waals surface area contributed by atoms with Gasteiger partial charge in [-0.25, -0.2) is 0 Å². The number of rotatable bonds is 4. The third-order valence-corrected chi connectivity index (χ3v) is 2.29. The van der Waals surface area contributed by atoms with Crippen LogP contribution in [0.5, 0.6) is 0 Å². The maximum atomic E-state index is 10.9. The Hall–Kier alpha value is -1.33. The number of hydrogen-bond acceptors (Lipinski definition) is 3. The van der Waals surface area contributed by atoms with E-state index >= 15 is 0 Å². The third-order valence-electron chi connectivity index (χ3n) is 2.29. The van der Waals surface area contributed by atoms with E-state index in [1.807, 2.05) is 31.2 Å². The van der Waals surface area contributed by atoms with Crippen molar-refractivity contribution in [3.8, 4) is 0 Å². The number of aryl methyl sites for hydroxylation is 1. The second kappa shape index (κ2) is 5.68. The molecule has 0 heterocycles. The number of nitrogens with one attached hydrogen (secondary N) is 1. The molecule has 1 atom stereocenters. The Kier molecular flexibility index (Phi) is 4.52. The fourth-order valence-corrected chi connectivity index (χ4v) is 1.59. The molecule has 1 aromatic carbocycles. The molecule has 1 unspecified atom stereocenters. The minimum absolute atomic E-state index is 0.272. The minimum Gasteiger partial charge on any atom is -0.426 e. The summed E-state index contributed by atoms with van der Waals surface area (Å²) in [5.41, 5.74) is 2.07. The van der Waals surface area contributed by atoms with Crippen LogP contribution >= 0.6 is 0 Å². The van der Waals surface area contributed by atoms with E-state index in [2.05, 4.69) is 5.32 Å². The van der Waals surface area contributed by atoms with Crippen molar-refractivity contribution in [2.45, 2.75) is 26.2 Å². The molecule has 1 amide bonds. The van der Waals surface area contributed by atoms with Crippen molar-refractivity contribution in [2.75, 3.05) is 0 Å².